The molecule has 8 aromatic carbocycles. The summed E-state index contributed by atoms with van der Waals surface area (Å²) in [5.41, 5.74) is 15.0. The van der Waals surface area contributed by atoms with Crippen LogP contribution >= 0.6 is 0 Å². The molecule has 0 bridgehead atoms. The van der Waals surface area contributed by atoms with Crippen LogP contribution in [0, 0.1) is 0 Å². The molecule has 0 saturated heterocycles. The van der Waals surface area contributed by atoms with Crippen molar-refractivity contribution in [1.29, 1.82) is 0 Å². The summed E-state index contributed by atoms with van der Waals surface area (Å²) in [6, 6.07) is 57.5. The van der Waals surface area contributed by atoms with Crippen LogP contribution < -0.4 is 0 Å². The van der Waals surface area contributed by atoms with E-state index in [1.165, 1.54) is 71.1 Å². The predicted octanol–water partition coefficient (Wildman–Crippen LogP) is 13.0. The second-order valence-electron chi connectivity index (χ2n) is 15.7. The van der Waals surface area contributed by atoms with Crippen LogP contribution in [0.15, 0.2) is 158 Å². The van der Waals surface area contributed by atoms with Gasteiger partial charge in [0.15, 0.2) is 5.82 Å². The van der Waals surface area contributed by atoms with Crippen LogP contribution in [0.3, 0.4) is 0 Å². The minimum absolute atomic E-state index is 0.0815. The maximum atomic E-state index is 5.62. The van der Waals surface area contributed by atoms with Crippen LogP contribution in [-0.4, -0.2) is 18.9 Å². The Kier molecular flexibility index (Phi) is 5.42. The minimum atomic E-state index is -0.0815. The number of para-hydroxylation sites is 1. The zero-order valence-corrected chi connectivity index (χ0v) is 30.3. The van der Waals surface area contributed by atoms with Gasteiger partial charge in [0.25, 0.3) is 0 Å². The molecule has 0 saturated carbocycles. The first-order valence-corrected chi connectivity index (χ1v) is 19.1. The molecule has 1 aliphatic carbocycles. The number of fused-ring (bicyclic) bond motifs is 12. The third kappa shape index (κ3) is 3.57. The van der Waals surface area contributed by atoms with Crippen molar-refractivity contribution in [2.75, 3.05) is 0 Å². The van der Waals surface area contributed by atoms with Gasteiger partial charge in [0, 0.05) is 43.3 Å². The molecule has 4 aromatic heterocycles. The molecule has 0 fully saturated rings. The molecule has 0 amide bonds. The van der Waals surface area contributed by atoms with Crippen LogP contribution in [0.1, 0.15) is 25.0 Å². The standard InChI is InChI=1S/C51H32N4/c1-51(2)36-21-9-8-17-34(36)43-37(51)26-28-42-45(43)35-20-10-19-33-32-18-11-22-39-44(32)46-40(54(42)49(33)35)23-12-24-41(46)55(39)50-47(30-14-4-3-5-15-30)52-38-27-25-29-13-6-7-16-31(29)48(38)53-50/h3-28H,1-2H3. The fourth-order valence-electron chi connectivity index (χ4n) is 10.3. The van der Waals surface area contributed by atoms with Crippen molar-refractivity contribution in [3.05, 3.63) is 169 Å². The van der Waals surface area contributed by atoms with E-state index >= 15 is 0 Å². The molecular weight excluding hydrogens is 669 g/mol. The van der Waals surface area contributed by atoms with Crippen molar-refractivity contribution < 1.29 is 0 Å². The van der Waals surface area contributed by atoms with Crippen molar-refractivity contribution in [2.24, 2.45) is 0 Å². The quantitative estimate of drug-likeness (QED) is 0.168. The Morgan fingerprint density at radius 1 is 0.473 bits per heavy atom. The number of hydrogen-bond acceptors (Lipinski definition) is 2. The van der Waals surface area contributed by atoms with E-state index in [0.29, 0.717) is 0 Å². The van der Waals surface area contributed by atoms with Gasteiger partial charge in [-0.05, 0) is 63.4 Å². The molecule has 1 aliphatic rings. The van der Waals surface area contributed by atoms with Crippen LogP contribution in [0.5, 0.6) is 0 Å². The lowest BCUT2D eigenvalue weighted by molar-refractivity contribution is 0.661. The van der Waals surface area contributed by atoms with Crippen molar-refractivity contribution in [3.63, 3.8) is 0 Å². The lowest BCUT2D eigenvalue weighted by Crippen LogP contribution is -2.14. The second-order valence-corrected chi connectivity index (χ2v) is 15.7. The van der Waals surface area contributed by atoms with Crippen LogP contribution in [0.2, 0.25) is 0 Å². The molecule has 0 N–H and O–H groups in total. The van der Waals surface area contributed by atoms with E-state index in [1.807, 2.05) is 0 Å². The fourth-order valence-corrected chi connectivity index (χ4v) is 10.3. The first kappa shape index (κ1) is 29.4. The predicted molar refractivity (Wildman–Crippen MR) is 229 cm³/mol. The SMILES string of the molecule is CC1(C)c2ccccc2-c2c1ccc1c2c2cccc3c4cccc5c4c4c(cccc4n1c32)n5-c1nc2c(ccc3ccccc32)nc1-c1ccccc1. The summed E-state index contributed by atoms with van der Waals surface area (Å²) in [5.74, 6) is 0.831. The molecule has 0 aliphatic heterocycles. The third-order valence-corrected chi connectivity index (χ3v) is 12.6. The first-order chi connectivity index (χ1) is 27.1. The molecule has 0 radical (unpaired) electrons. The normalized spacial score (nSPS) is 13.8. The van der Waals surface area contributed by atoms with Gasteiger partial charge in [-0.3, -0.25) is 4.57 Å². The molecule has 4 heterocycles. The molecule has 0 unspecified atom stereocenters. The summed E-state index contributed by atoms with van der Waals surface area (Å²) in [5, 5.41) is 9.82. The lowest BCUT2D eigenvalue weighted by Gasteiger charge is -2.21. The molecule has 12 aromatic rings. The Balaban J connectivity index is 1.24. The van der Waals surface area contributed by atoms with Gasteiger partial charge in [-0.25, -0.2) is 9.97 Å². The number of benzene rings is 8. The monoisotopic (exact) mass is 700 g/mol. The summed E-state index contributed by atoms with van der Waals surface area (Å²) in [6.07, 6.45) is 0. The fraction of sp³-hybridized carbons (Fsp3) is 0.0588. The molecular formula is C51H32N4. The van der Waals surface area contributed by atoms with Gasteiger partial charge >= 0.3 is 0 Å². The molecule has 0 spiro atoms. The number of nitrogens with zero attached hydrogens (tertiary/aromatic N) is 4. The number of aromatic nitrogens is 4. The highest BCUT2D eigenvalue weighted by Crippen LogP contribution is 2.54. The van der Waals surface area contributed by atoms with Crippen molar-refractivity contribution in [2.45, 2.75) is 19.3 Å². The zero-order chi connectivity index (χ0) is 36.2. The first-order valence-electron chi connectivity index (χ1n) is 19.1. The van der Waals surface area contributed by atoms with Gasteiger partial charge in [0.05, 0.1) is 38.6 Å². The maximum Gasteiger partial charge on any atom is 0.165 e. The number of hydrogen-bond donors (Lipinski definition) is 0. The molecule has 13 rings (SSSR count). The lowest BCUT2D eigenvalue weighted by atomic mass is 9.82. The molecule has 4 heteroatoms. The minimum Gasteiger partial charge on any atom is -0.308 e. The third-order valence-electron chi connectivity index (χ3n) is 12.6. The van der Waals surface area contributed by atoms with Crippen molar-refractivity contribution >= 4 is 81.7 Å². The van der Waals surface area contributed by atoms with E-state index in [2.05, 4.69) is 181 Å². The topological polar surface area (TPSA) is 35.1 Å². The Morgan fingerprint density at radius 2 is 1.16 bits per heavy atom. The second kappa shape index (κ2) is 10.1. The van der Waals surface area contributed by atoms with E-state index in [0.717, 1.165) is 49.9 Å². The summed E-state index contributed by atoms with van der Waals surface area (Å²) >= 11 is 0. The van der Waals surface area contributed by atoms with E-state index in [-0.39, 0.29) is 5.41 Å². The average Bonchev–Trinajstić information content (AvgIpc) is 3.80. The molecule has 0 atom stereocenters. The summed E-state index contributed by atoms with van der Waals surface area (Å²) in [4.78, 5) is 11.0. The van der Waals surface area contributed by atoms with Gasteiger partial charge in [-0.1, -0.05) is 141 Å². The molecule has 256 valence electrons. The summed E-state index contributed by atoms with van der Waals surface area (Å²) < 4.78 is 4.93. The van der Waals surface area contributed by atoms with Crippen molar-refractivity contribution in [3.8, 4) is 28.2 Å². The maximum absolute atomic E-state index is 5.62. The molecule has 55 heavy (non-hydrogen) atoms. The van der Waals surface area contributed by atoms with Crippen molar-refractivity contribution in [1.82, 2.24) is 18.9 Å². The molecule has 4 nitrogen and oxygen atoms in total. The van der Waals surface area contributed by atoms with Gasteiger partial charge < -0.3 is 4.40 Å². The highest BCUT2D eigenvalue weighted by atomic mass is 15.1. The largest absolute Gasteiger partial charge is 0.308 e. The highest BCUT2D eigenvalue weighted by molar-refractivity contribution is 6.32. The smallest absolute Gasteiger partial charge is 0.165 e. The van der Waals surface area contributed by atoms with Crippen LogP contribution in [0.25, 0.3) is 110 Å². The average molecular weight is 701 g/mol. The summed E-state index contributed by atoms with van der Waals surface area (Å²) in [6.45, 7) is 4.74. The Labute approximate surface area is 315 Å². The van der Waals surface area contributed by atoms with E-state index in [1.54, 1.807) is 0 Å². The number of rotatable bonds is 2. The van der Waals surface area contributed by atoms with E-state index in [9.17, 15) is 0 Å². The Bertz CT molecular complexity index is 3620. The Hall–Kier alpha value is -7.04. The Morgan fingerprint density at radius 3 is 2.07 bits per heavy atom. The van der Waals surface area contributed by atoms with Gasteiger partial charge in [-0.2, -0.15) is 0 Å². The zero-order valence-electron chi connectivity index (χ0n) is 30.3. The van der Waals surface area contributed by atoms with E-state index < -0.39 is 0 Å². The van der Waals surface area contributed by atoms with Crippen LogP contribution in [-0.2, 0) is 5.41 Å². The van der Waals surface area contributed by atoms with Gasteiger partial charge in [0.2, 0.25) is 0 Å². The van der Waals surface area contributed by atoms with Gasteiger partial charge in [-0.15, -0.1) is 0 Å². The highest BCUT2D eigenvalue weighted by Gasteiger charge is 2.37. The summed E-state index contributed by atoms with van der Waals surface area (Å²) in [7, 11) is 0. The van der Waals surface area contributed by atoms with E-state index in [4.69, 9.17) is 9.97 Å². The van der Waals surface area contributed by atoms with Gasteiger partial charge in [0.1, 0.15) is 5.69 Å². The van der Waals surface area contributed by atoms with Crippen LogP contribution in [0.4, 0.5) is 0 Å².